The van der Waals surface area contributed by atoms with Crippen molar-refractivity contribution in [1.29, 1.82) is 0 Å². The summed E-state index contributed by atoms with van der Waals surface area (Å²) in [6.45, 7) is 4.79. The molecule has 1 aromatic rings. The molecule has 5 heteroatoms. The van der Waals surface area contributed by atoms with Crippen LogP contribution < -0.4 is 10.6 Å². The van der Waals surface area contributed by atoms with Gasteiger partial charge < -0.3 is 20.5 Å². The molecule has 1 unspecified atom stereocenters. The van der Waals surface area contributed by atoms with E-state index in [2.05, 4.69) is 15.6 Å². The first-order valence-corrected chi connectivity index (χ1v) is 6.98. The Bertz CT molecular complexity index is 382. The van der Waals surface area contributed by atoms with E-state index in [9.17, 15) is 5.11 Å². The van der Waals surface area contributed by atoms with Crippen molar-refractivity contribution in [2.75, 3.05) is 40.0 Å². The molecule has 0 aromatic heterocycles. The van der Waals surface area contributed by atoms with E-state index in [4.69, 9.17) is 4.74 Å². The largest absolute Gasteiger partial charge is 0.396 e. The van der Waals surface area contributed by atoms with Crippen molar-refractivity contribution in [3.8, 4) is 0 Å². The fourth-order valence-corrected chi connectivity index (χ4v) is 1.81. The predicted octanol–water partition coefficient (Wildman–Crippen LogP) is 0.964. The van der Waals surface area contributed by atoms with Crippen LogP contribution in [0.15, 0.2) is 35.3 Å². The lowest BCUT2D eigenvalue weighted by atomic mass is 10.0. The number of methoxy groups -OCH3 is 1. The molecule has 0 radical (unpaired) electrons. The first-order valence-electron chi connectivity index (χ1n) is 6.98. The predicted molar refractivity (Wildman–Crippen MR) is 82.1 cm³/mol. The highest BCUT2D eigenvalue weighted by atomic mass is 16.5. The standard InChI is InChI=1S/C15H25N3O2/c1-3-16-15(17-9-10-20-2)18-11-14(12-19)13-7-5-4-6-8-13/h4-8,14,19H,3,9-12H2,1-2H3,(H2,16,17,18). The van der Waals surface area contributed by atoms with E-state index in [1.54, 1.807) is 7.11 Å². The number of rotatable bonds is 8. The molecular formula is C15H25N3O2. The van der Waals surface area contributed by atoms with E-state index < -0.39 is 0 Å². The number of aliphatic hydroxyl groups excluding tert-OH is 1. The first-order chi connectivity index (χ1) is 9.81. The lowest BCUT2D eigenvalue weighted by Gasteiger charge is -2.15. The number of nitrogens with one attached hydrogen (secondary N) is 2. The topological polar surface area (TPSA) is 65.9 Å². The number of hydrogen-bond acceptors (Lipinski definition) is 3. The lowest BCUT2D eigenvalue weighted by Crippen LogP contribution is -2.39. The van der Waals surface area contributed by atoms with Crippen molar-refractivity contribution in [1.82, 2.24) is 10.6 Å². The Morgan fingerprint density at radius 1 is 1.30 bits per heavy atom. The number of benzene rings is 1. The third-order valence-electron chi connectivity index (χ3n) is 2.90. The minimum absolute atomic E-state index is 0.0223. The summed E-state index contributed by atoms with van der Waals surface area (Å²) in [6, 6.07) is 9.95. The number of nitrogens with zero attached hydrogens (tertiary/aromatic N) is 1. The van der Waals surface area contributed by atoms with Crippen LogP contribution in [0.2, 0.25) is 0 Å². The minimum atomic E-state index is 0.0223. The summed E-state index contributed by atoms with van der Waals surface area (Å²) in [5, 5.41) is 15.9. The molecule has 0 saturated heterocycles. The Labute approximate surface area is 121 Å². The van der Waals surface area contributed by atoms with Crippen LogP contribution in [-0.2, 0) is 4.74 Å². The van der Waals surface area contributed by atoms with E-state index in [1.807, 2.05) is 37.3 Å². The highest BCUT2D eigenvalue weighted by molar-refractivity contribution is 5.79. The minimum Gasteiger partial charge on any atom is -0.396 e. The third kappa shape index (κ3) is 6.04. The number of aliphatic imine (C=N–C) groups is 1. The van der Waals surface area contributed by atoms with Gasteiger partial charge in [0, 0.05) is 26.1 Å². The molecule has 1 aromatic carbocycles. The average molecular weight is 279 g/mol. The van der Waals surface area contributed by atoms with Gasteiger partial charge in [0.05, 0.1) is 19.8 Å². The first kappa shape index (κ1) is 16.5. The Morgan fingerprint density at radius 2 is 2.05 bits per heavy atom. The van der Waals surface area contributed by atoms with Crippen LogP contribution in [0.1, 0.15) is 18.4 Å². The number of ether oxygens (including phenoxy) is 1. The van der Waals surface area contributed by atoms with Crippen molar-refractivity contribution in [2.45, 2.75) is 12.8 Å². The lowest BCUT2D eigenvalue weighted by molar-refractivity contribution is 0.203. The molecule has 20 heavy (non-hydrogen) atoms. The highest BCUT2D eigenvalue weighted by Gasteiger charge is 2.09. The van der Waals surface area contributed by atoms with Gasteiger partial charge >= 0.3 is 0 Å². The van der Waals surface area contributed by atoms with Gasteiger partial charge in [0.1, 0.15) is 0 Å². The van der Waals surface area contributed by atoms with Crippen molar-refractivity contribution in [2.24, 2.45) is 4.99 Å². The van der Waals surface area contributed by atoms with Gasteiger partial charge in [-0.25, -0.2) is 0 Å². The van der Waals surface area contributed by atoms with Crippen LogP contribution >= 0.6 is 0 Å². The Balaban J connectivity index is 2.59. The van der Waals surface area contributed by atoms with Crippen molar-refractivity contribution in [3.05, 3.63) is 35.9 Å². The van der Waals surface area contributed by atoms with Gasteiger partial charge in [-0.05, 0) is 12.5 Å². The van der Waals surface area contributed by atoms with Crippen molar-refractivity contribution in [3.63, 3.8) is 0 Å². The maximum Gasteiger partial charge on any atom is 0.191 e. The van der Waals surface area contributed by atoms with Crippen molar-refractivity contribution < 1.29 is 9.84 Å². The van der Waals surface area contributed by atoms with E-state index in [0.717, 1.165) is 18.1 Å². The van der Waals surface area contributed by atoms with Crippen LogP contribution in [0.5, 0.6) is 0 Å². The molecule has 0 spiro atoms. The fraction of sp³-hybridized carbons (Fsp3) is 0.533. The Kier molecular flexibility index (Phi) is 8.42. The van der Waals surface area contributed by atoms with E-state index >= 15 is 0 Å². The molecule has 3 N–H and O–H groups in total. The molecule has 0 amide bonds. The summed E-state index contributed by atoms with van der Waals surface area (Å²) in [6.07, 6.45) is 0. The number of aliphatic hydroxyl groups is 1. The van der Waals surface area contributed by atoms with E-state index in [1.165, 1.54) is 0 Å². The summed E-state index contributed by atoms with van der Waals surface area (Å²) >= 11 is 0. The van der Waals surface area contributed by atoms with Crippen LogP contribution in [0.4, 0.5) is 0 Å². The van der Waals surface area contributed by atoms with Crippen LogP contribution in [0.25, 0.3) is 0 Å². The van der Waals surface area contributed by atoms with Gasteiger partial charge in [0.2, 0.25) is 0 Å². The SMILES string of the molecule is CCNC(=NCC(CO)c1ccccc1)NCCOC. The molecule has 0 fully saturated rings. The van der Waals surface area contributed by atoms with Crippen LogP contribution in [0, 0.1) is 0 Å². The maximum absolute atomic E-state index is 9.51. The second kappa shape index (κ2) is 10.2. The zero-order valence-electron chi connectivity index (χ0n) is 12.3. The summed E-state index contributed by atoms with van der Waals surface area (Å²) in [5.74, 6) is 0.771. The Hall–Kier alpha value is -1.59. The molecule has 0 bridgehead atoms. The highest BCUT2D eigenvalue weighted by Crippen LogP contribution is 2.14. The van der Waals surface area contributed by atoms with Gasteiger partial charge in [-0.2, -0.15) is 0 Å². The normalized spacial score (nSPS) is 13.1. The average Bonchev–Trinajstić information content (AvgIpc) is 2.49. The second-order valence-corrected chi connectivity index (χ2v) is 4.43. The van der Waals surface area contributed by atoms with Crippen LogP contribution in [-0.4, -0.2) is 51.0 Å². The summed E-state index contributed by atoms with van der Waals surface area (Å²) < 4.78 is 5.00. The molecule has 0 aliphatic heterocycles. The molecule has 5 nitrogen and oxygen atoms in total. The molecule has 0 saturated carbocycles. The zero-order valence-corrected chi connectivity index (χ0v) is 12.3. The third-order valence-corrected chi connectivity index (χ3v) is 2.90. The van der Waals surface area contributed by atoms with Crippen LogP contribution in [0.3, 0.4) is 0 Å². The van der Waals surface area contributed by atoms with E-state index in [-0.39, 0.29) is 12.5 Å². The maximum atomic E-state index is 9.51. The molecule has 0 heterocycles. The smallest absolute Gasteiger partial charge is 0.191 e. The molecule has 1 rings (SSSR count). The monoisotopic (exact) mass is 279 g/mol. The quantitative estimate of drug-likeness (QED) is 0.377. The van der Waals surface area contributed by atoms with Crippen molar-refractivity contribution >= 4 is 5.96 Å². The van der Waals surface area contributed by atoms with Gasteiger partial charge in [-0.1, -0.05) is 30.3 Å². The Morgan fingerprint density at radius 3 is 2.65 bits per heavy atom. The van der Waals surface area contributed by atoms with Gasteiger partial charge in [0.25, 0.3) is 0 Å². The summed E-state index contributed by atoms with van der Waals surface area (Å²) in [7, 11) is 1.67. The molecular weight excluding hydrogens is 254 g/mol. The van der Waals surface area contributed by atoms with E-state index in [0.29, 0.717) is 19.7 Å². The van der Waals surface area contributed by atoms with Gasteiger partial charge in [-0.3, -0.25) is 4.99 Å². The summed E-state index contributed by atoms with van der Waals surface area (Å²) in [4.78, 5) is 4.51. The molecule has 0 aliphatic rings. The number of hydrogen-bond donors (Lipinski definition) is 3. The van der Waals surface area contributed by atoms with Gasteiger partial charge in [0.15, 0.2) is 5.96 Å². The molecule has 0 aliphatic carbocycles. The number of guanidine groups is 1. The zero-order chi connectivity index (χ0) is 14.6. The molecule has 112 valence electrons. The molecule has 1 atom stereocenters. The second-order valence-electron chi connectivity index (χ2n) is 4.43. The van der Waals surface area contributed by atoms with Gasteiger partial charge in [-0.15, -0.1) is 0 Å². The summed E-state index contributed by atoms with van der Waals surface area (Å²) in [5.41, 5.74) is 1.10. The fourth-order valence-electron chi connectivity index (χ4n) is 1.81.